The average Bonchev–Trinajstić information content (AvgIpc) is 2.70. The van der Waals surface area contributed by atoms with Crippen molar-refractivity contribution in [1.29, 1.82) is 0 Å². The van der Waals surface area contributed by atoms with Gasteiger partial charge in [-0.05, 0) is 36.2 Å². The largest absolute Gasteiger partial charge is 0.356 e. The predicted octanol–water partition coefficient (Wildman–Crippen LogP) is 2.47. The van der Waals surface area contributed by atoms with Crippen molar-refractivity contribution in [2.75, 3.05) is 31.7 Å². The quantitative estimate of drug-likeness (QED) is 0.206. The second-order valence-corrected chi connectivity index (χ2v) is 8.31. The minimum Gasteiger partial charge on any atom is -0.356 e. The van der Waals surface area contributed by atoms with Gasteiger partial charge in [0, 0.05) is 19.8 Å². The number of anilines is 1. The highest BCUT2D eigenvalue weighted by atomic mass is 127. The lowest BCUT2D eigenvalue weighted by atomic mass is 10.1. The standard InChI is InChI=1S/C19H21F3N4O3S.HI/c1-23-19(24-10-9-12-3-5-13(6-4-12)30(2,28)29)25-11-16(27)26-15-8-7-14(20)17(21)18(15)22;/h3-8H,9-11H2,1-2H3,(H,26,27)(H2,23,24,25);1H. The van der Waals surface area contributed by atoms with Crippen molar-refractivity contribution in [2.24, 2.45) is 4.99 Å². The van der Waals surface area contributed by atoms with E-state index in [9.17, 15) is 26.4 Å². The first kappa shape index (κ1) is 26.7. The number of nitrogens with zero attached hydrogens (tertiary/aromatic N) is 1. The molecule has 1 amide bonds. The van der Waals surface area contributed by atoms with Gasteiger partial charge in [-0.2, -0.15) is 0 Å². The molecule has 0 aliphatic heterocycles. The number of hydrogen-bond donors (Lipinski definition) is 3. The van der Waals surface area contributed by atoms with Crippen molar-refractivity contribution >= 4 is 51.4 Å². The third kappa shape index (κ3) is 8.01. The van der Waals surface area contributed by atoms with E-state index in [1.165, 1.54) is 19.2 Å². The molecule has 170 valence electrons. The minimum atomic E-state index is -3.25. The number of nitrogens with one attached hydrogen (secondary N) is 3. The van der Waals surface area contributed by atoms with Gasteiger partial charge in [0.25, 0.3) is 0 Å². The number of sulfone groups is 1. The molecule has 0 aliphatic rings. The Balaban J connectivity index is 0.00000480. The molecule has 7 nitrogen and oxygen atoms in total. The number of carbonyl (C=O) groups is 1. The number of amides is 1. The number of rotatable bonds is 7. The summed E-state index contributed by atoms with van der Waals surface area (Å²) in [6.45, 7) is 0.151. The molecule has 0 saturated carbocycles. The molecular weight excluding hydrogens is 548 g/mol. The van der Waals surface area contributed by atoms with Crippen LogP contribution in [0.15, 0.2) is 46.3 Å². The molecule has 3 N–H and O–H groups in total. The van der Waals surface area contributed by atoms with E-state index in [0.717, 1.165) is 17.9 Å². The van der Waals surface area contributed by atoms with Crippen molar-refractivity contribution in [3.63, 3.8) is 0 Å². The van der Waals surface area contributed by atoms with Crippen molar-refractivity contribution in [3.05, 3.63) is 59.4 Å². The zero-order chi connectivity index (χ0) is 22.3. The predicted molar refractivity (Wildman–Crippen MR) is 123 cm³/mol. The Labute approximate surface area is 195 Å². The van der Waals surface area contributed by atoms with Crippen LogP contribution in [-0.2, 0) is 21.1 Å². The monoisotopic (exact) mass is 570 g/mol. The lowest BCUT2D eigenvalue weighted by Gasteiger charge is -2.12. The lowest BCUT2D eigenvalue weighted by Crippen LogP contribution is -2.42. The smallest absolute Gasteiger partial charge is 0.243 e. The Morgan fingerprint density at radius 2 is 1.65 bits per heavy atom. The second kappa shape index (κ2) is 11.9. The van der Waals surface area contributed by atoms with Crippen molar-refractivity contribution in [2.45, 2.75) is 11.3 Å². The number of aliphatic imine (C=N–C) groups is 1. The van der Waals surface area contributed by atoms with Crippen LogP contribution >= 0.6 is 24.0 Å². The van der Waals surface area contributed by atoms with E-state index in [-0.39, 0.29) is 35.4 Å². The molecule has 0 unspecified atom stereocenters. The Morgan fingerprint density at radius 1 is 1.00 bits per heavy atom. The van der Waals surface area contributed by atoms with Gasteiger partial charge in [0.05, 0.1) is 17.1 Å². The van der Waals surface area contributed by atoms with Gasteiger partial charge in [0.15, 0.2) is 33.2 Å². The van der Waals surface area contributed by atoms with Crippen LogP contribution in [0.1, 0.15) is 5.56 Å². The van der Waals surface area contributed by atoms with E-state index in [1.54, 1.807) is 12.1 Å². The van der Waals surface area contributed by atoms with Gasteiger partial charge in [0.1, 0.15) is 0 Å². The lowest BCUT2D eigenvalue weighted by molar-refractivity contribution is -0.115. The minimum absolute atomic E-state index is 0. The maximum absolute atomic E-state index is 13.6. The topological polar surface area (TPSA) is 99.7 Å². The van der Waals surface area contributed by atoms with Crippen molar-refractivity contribution in [1.82, 2.24) is 10.6 Å². The Morgan fingerprint density at radius 3 is 2.23 bits per heavy atom. The van der Waals surface area contributed by atoms with E-state index in [0.29, 0.717) is 25.0 Å². The number of guanidine groups is 1. The first-order valence-corrected chi connectivity index (χ1v) is 10.7. The molecule has 2 aromatic carbocycles. The van der Waals surface area contributed by atoms with Crippen LogP contribution in [0.25, 0.3) is 0 Å². The molecule has 0 spiro atoms. The van der Waals surface area contributed by atoms with Crippen LogP contribution in [0.2, 0.25) is 0 Å². The second-order valence-electron chi connectivity index (χ2n) is 6.29. The van der Waals surface area contributed by atoms with Crippen LogP contribution in [0.4, 0.5) is 18.9 Å². The zero-order valence-electron chi connectivity index (χ0n) is 16.7. The summed E-state index contributed by atoms with van der Waals surface area (Å²) in [6.07, 6.45) is 1.70. The van der Waals surface area contributed by atoms with Crippen LogP contribution in [-0.4, -0.2) is 46.7 Å². The van der Waals surface area contributed by atoms with Crippen LogP contribution < -0.4 is 16.0 Å². The summed E-state index contributed by atoms with van der Waals surface area (Å²) in [6, 6.07) is 8.10. The summed E-state index contributed by atoms with van der Waals surface area (Å²) in [4.78, 5) is 16.1. The third-order valence-electron chi connectivity index (χ3n) is 4.01. The number of benzene rings is 2. The third-order valence-corrected chi connectivity index (χ3v) is 5.14. The number of carbonyl (C=O) groups excluding carboxylic acids is 1. The van der Waals surface area contributed by atoms with E-state index in [1.807, 2.05) is 0 Å². The Hall–Kier alpha value is -2.35. The summed E-state index contributed by atoms with van der Waals surface area (Å²) >= 11 is 0. The van der Waals surface area contributed by atoms with Crippen LogP contribution in [0.3, 0.4) is 0 Å². The molecule has 0 aliphatic carbocycles. The molecule has 12 heteroatoms. The molecule has 0 radical (unpaired) electrons. The molecule has 0 fully saturated rings. The molecule has 0 bridgehead atoms. The molecule has 2 rings (SSSR count). The maximum atomic E-state index is 13.6. The van der Waals surface area contributed by atoms with Gasteiger partial charge >= 0.3 is 0 Å². The van der Waals surface area contributed by atoms with Crippen molar-refractivity contribution in [3.8, 4) is 0 Å². The van der Waals surface area contributed by atoms with E-state index in [4.69, 9.17) is 0 Å². The number of halogens is 4. The first-order chi connectivity index (χ1) is 14.1. The van der Waals surface area contributed by atoms with Crippen molar-refractivity contribution < 1.29 is 26.4 Å². The SMILES string of the molecule is CN=C(NCCc1ccc(S(C)(=O)=O)cc1)NCC(=O)Nc1ccc(F)c(F)c1F.I. The fourth-order valence-corrected chi connectivity index (χ4v) is 3.06. The van der Waals surface area contributed by atoms with Gasteiger partial charge < -0.3 is 16.0 Å². The maximum Gasteiger partial charge on any atom is 0.243 e. The molecular formula is C19H22F3IN4O3S. The summed E-state index contributed by atoms with van der Waals surface area (Å²) in [5, 5.41) is 7.82. The van der Waals surface area contributed by atoms with Gasteiger partial charge in [-0.1, -0.05) is 12.1 Å². The normalized spacial score (nSPS) is 11.5. The molecule has 31 heavy (non-hydrogen) atoms. The van der Waals surface area contributed by atoms with E-state index in [2.05, 4.69) is 20.9 Å². The molecule has 0 saturated heterocycles. The summed E-state index contributed by atoms with van der Waals surface area (Å²) in [7, 11) is -1.76. The van der Waals surface area contributed by atoms with Gasteiger partial charge in [-0.3, -0.25) is 9.79 Å². The first-order valence-electron chi connectivity index (χ1n) is 8.78. The number of hydrogen-bond acceptors (Lipinski definition) is 4. The summed E-state index contributed by atoms with van der Waals surface area (Å²) in [5.74, 6) is -4.88. The highest BCUT2D eigenvalue weighted by Crippen LogP contribution is 2.19. The molecule has 0 aromatic heterocycles. The van der Waals surface area contributed by atoms with E-state index >= 15 is 0 Å². The van der Waals surface area contributed by atoms with Gasteiger partial charge in [-0.15, -0.1) is 24.0 Å². The fraction of sp³-hybridized carbons (Fsp3) is 0.263. The highest BCUT2D eigenvalue weighted by molar-refractivity contribution is 14.0. The molecule has 0 atom stereocenters. The van der Waals surface area contributed by atoms with Crippen LogP contribution in [0.5, 0.6) is 0 Å². The molecule has 2 aromatic rings. The summed E-state index contributed by atoms with van der Waals surface area (Å²) in [5.41, 5.74) is 0.429. The zero-order valence-corrected chi connectivity index (χ0v) is 19.9. The van der Waals surface area contributed by atoms with Gasteiger partial charge in [-0.25, -0.2) is 21.6 Å². The van der Waals surface area contributed by atoms with E-state index < -0.39 is 38.9 Å². The summed E-state index contributed by atoms with van der Waals surface area (Å²) < 4.78 is 62.6. The molecule has 0 heterocycles. The van der Waals surface area contributed by atoms with Gasteiger partial charge in [0.2, 0.25) is 5.91 Å². The Bertz CT molecular complexity index is 1050. The Kier molecular flexibility index (Phi) is 10.2. The van der Waals surface area contributed by atoms with Crippen LogP contribution in [0, 0.1) is 17.5 Å². The fourth-order valence-electron chi connectivity index (χ4n) is 2.43. The highest BCUT2D eigenvalue weighted by Gasteiger charge is 2.15. The average molecular weight is 570 g/mol.